The lowest BCUT2D eigenvalue weighted by atomic mass is 9.79. The second kappa shape index (κ2) is 14.9. The monoisotopic (exact) mass is 543 g/mol. The van der Waals surface area contributed by atoms with Gasteiger partial charge < -0.3 is 28.8 Å². The molecule has 1 atom stereocenters. The van der Waals surface area contributed by atoms with Gasteiger partial charge in [0.1, 0.15) is 5.58 Å². The number of nitrogens with one attached hydrogen (secondary N) is 1. The molecule has 0 saturated heterocycles. The lowest BCUT2D eigenvalue weighted by Gasteiger charge is -2.47. The highest BCUT2D eigenvalue weighted by Gasteiger charge is 2.36. The zero-order valence-electron chi connectivity index (χ0n) is 23.5. The summed E-state index contributed by atoms with van der Waals surface area (Å²) in [5, 5.41) is 7.26. The summed E-state index contributed by atoms with van der Waals surface area (Å²) < 4.78 is 21.7. The van der Waals surface area contributed by atoms with Gasteiger partial charge in [0, 0.05) is 59.7 Å². The quantitative estimate of drug-likeness (QED) is 0.108. The molecular formula is C28H41N5O6. The number of aryl methyl sites for hydroxylation is 1. The van der Waals surface area contributed by atoms with Crippen LogP contribution in [0.4, 0.5) is 5.69 Å². The first-order valence-electron chi connectivity index (χ1n) is 13.6. The second-order valence-electron chi connectivity index (χ2n) is 10.5. The Bertz CT molecular complexity index is 1210. The van der Waals surface area contributed by atoms with Gasteiger partial charge in [-0.15, -0.1) is 0 Å². The number of azide groups is 1. The van der Waals surface area contributed by atoms with Crippen molar-refractivity contribution in [3.05, 3.63) is 50.2 Å². The van der Waals surface area contributed by atoms with E-state index in [0.717, 1.165) is 29.6 Å². The maximum absolute atomic E-state index is 12.4. The number of rotatable bonds is 16. The van der Waals surface area contributed by atoms with Crippen molar-refractivity contribution >= 4 is 22.6 Å². The predicted octanol–water partition coefficient (Wildman–Crippen LogP) is 4.45. The third-order valence-electron chi connectivity index (χ3n) is 6.95. The third kappa shape index (κ3) is 8.96. The summed E-state index contributed by atoms with van der Waals surface area (Å²) in [5.41, 5.74) is 11.6. The zero-order chi connectivity index (χ0) is 28.3. The maximum Gasteiger partial charge on any atom is 0.336 e. The van der Waals surface area contributed by atoms with Crippen molar-refractivity contribution in [2.45, 2.75) is 58.4 Å². The van der Waals surface area contributed by atoms with Crippen LogP contribution >= 0.6 is 0 Å². The predicted molar refractivity (Wildman–Crippen MR) is 150 cm³/mol. The number of carbonyl (C=O) groups is 1. The number of ether oxygens (including phenoxy) is 3. The van der Waals surface area contributed by atoms with Crippen LogP contribution in [0.2, 0.25) is 0 Å². The number of anilines is 1. The van der Waals surface area contributed by atoms with E-state index in [1.54, 1.807) is 0 Å². The van der Waals surface area contributed by atoms with Crippen LogP contribution in [0.15, 0.2) is 32.5 Å². The topological polar surface area (TPSA) is 139 Å². The molecule has 0 aliphatic carbocycles. The van der Waals surface area contributed by atoms with E-state index in [1.165, 1.54) is 11.6 Å². The standard InChI is InChI=1S/C28H41N5O6/c1-20-16-27(35)39-25-18-24-22(17-23(20)25)21(2)19-28(3,4)33(24)9-5-6-26(34)30-7-10-36-12-14-38-15-13-37-11-8-31-32-29/h16-18,21H,5-15,19H2,1-4H3,(H,30,34). The lowest BCUT2D eigenvalue weighted by molar-refractivity contribution is -0.121. The van der Waals surface area contributed by atoms with Gasteiger partial charge in [0.2, 0.25) is 5.91 Å². The summed E-state index contributed by atoms with van der Waals surface area (Å²) in [5.74, 6) is 0.371. The van der Waals surface area contributed by atoms with E-state index < -0.39 is 0 Å². The smallest absolute Gasteiger partial charge is 0.336 e. The molecule has 11 heteroatoms. The van der Waals surface area contributed by atoms with Gasteiger partial charge in [0.25, 0.3) is 0 Å². The number of hydrogen-bond donors (Lipinski definition) is 1. The highest BCUT2D eigenvalue weighted by molar-refractivity contribution is 5.86. The van der Waals surface area contributed by atoms with E-state index in [4.69, 9.17) is 24.2 Å². The Morgan fingerprint density at radius 3 is 2.56 bits per heavy atom. The van der Waals surface area contributed by atoms with Crippen molar-refractivity contribution in [3.63, 3.8) is 0 Å². The first kappa shape index (κ1) is 30.4. The van der Waals surface area contributed by atoms with Gasteiger partial charge in [-0.1, -0.05) is 12.0 Å². The van der Waals surface area contributed by atoms with Gasteiger partial charge in [-0.05, 0) is 62.3 Å². The number of carbonyl (C=O) groups excluding carboxylic acids is 1. The molecule has 0 saturated carbocycles. The number of benzene rings is 1. The summed E-state index contributed by atoms with van der Waals surface area (Å²) in [6.45, 7) is 12.7. The maximum atomic E-state index is 12.4. The summed E-state index contributed by atoms with van der Waals surface area (Å²) in [7, 11) is 0. The minimum absolute atomic E-state index is 0.00345. The van der Waals surface area contributed by atoms with Crippen LogP contribution in [0.5, 0.6) is 0 Å². The Labute approximate surface area is 229 Å². The van der Waals surface area contributed by atoms with Crippen LogP contribution in [0.3, 0.4) is 0 Å². The number of hydrogen-bond acceptors (Lipinski definition) is 8. The van der Waals surface area contributed by atoms with Gasteiger partial charge in [-0.3, -0.25) is 4.79 Å². The van der Waals surface area contributed by atoms with Crippen molar-refractivity contribution in [2.75, 3.05) is 64.2 Å². The first-order valence-corrected chi connectivity index (χ1v) is 13.6. The highest BCUT2D eigenvalue weighted by Crippen LogP contribution is 2.45. The molecule has 1 amide bonds. The molecule has 1 aromatic carbocycles. The van der Waals surface area contributed by atoms with Gasteiger partial charge in [-0.25, -0.2) is 4.79 Å². The minimum Gasteiger partial charge on any atom is -0.423 e. The number of amides is 1. The Kier molecular flexibility index (Phi) is 11.6. The van der Waals surface area contributed by atoms with Crippen molar-refractivity contribution in [3.8, 4) is 0 Å². The van der Waals surface area contributed by atoms with E-state index >= 15 is 0 Å². The van der Waals surface area contributed by atoms with Gasteiger partial charge in [0.15, 0.2) is 0 Å². The van der Waals surface area contributed by atoms with E-state index in [-0.39, 0.29) is 17.1 Å². The van der Waals surface area contributed by atoms with E-state index in [1.807, 2.05) is 13.0 Å². The van der Waals surface area contributed by atoms with Crippen LogP contribution < -0.4 is 15.8 Å². The molecule has 3 rings (SSSR count). The van der Waals surface area contributed by atoms with E-state index in [2.05, 4.69) is 47.1 Å². The number of fused-ring (bicyclic) bond motifs is 2. The molecule has 11 nitrogen and oxygen atoms in total. The van der Waals surface area contributed by atoms with Gasteiger partial charge in [0.05, 0.1) is 39.6 Å². The van der Waals surface area contributed by atoms with Crippen LogP contribution in [0.25, 0.3) is 21.4 Å². The molecule has 2 aromatic rings. The summed E-state index contributed by atoms with van der Waals surface area (Å²) in [6, 6.07) is 5.70. The SMILES string of the molecule is Cc1cc(=O)oc2cc3c(cc12)C(C)CC(C)(C)N3CCCC(=O)NCCOCCOCCOCCN=[N+]=[N-]. The molecule has 0 bridgehead atoms. The molecule has 0 radical (unpaired) electrons. The van der Waals surface area contributed by atoms with Gasteiger partial charge in [-0.2, -0.15) is 0 Å². The molecule has 214 valence electrons. The van der Waals surface area contributed by atoms with E-state index in [9.17, 15) is 9.59 Å². The molecule has 1 aliphatic rings. The summed E-state index contributed by atoms with van der Waals surface area (Å²) in [6.07, 6.45) is 2.12. The Hall–Kier alpha value is -3.11. The van der Waals surface area contributed by atoms with Crippen LogP contribution in [-0.4, -0.2) is 70.7 Å². The fourth-order valence-electron chi connectivity index (χ4n) is 5.16. The largest absolute Gasteiger partial charge is 0.423 e. The van der Waals surface area contributed by atoms with Crippen molar-refractivity contribution < 1.29 is 23.4 Å². The molecular weight excluding hydrogens is 502 g/mol. The fraction of sp³-hybridized carbons (Fsp3) is 0.643. The minimum atomic E-state index is -0.340. The average molecular weight is 544 g/mol. The van der Waals surface area contributed by atoms with Gasteiger partial charge >= 0.3 is 5.63 Å². The van der Waals surface area contributed by atoms with Crippen LogP contribution in [0, 0.1) is 6.92 Å². The lowest BCUT2D eigenvalue weighted by Crippen LogP contribution is -2.49. The molecule has 1 unspecified atom stereocenters. The molecule has 1 aliphatic heterocycles. The van der Waals surface area contributed by atoms with Crippen molar-refractivity contribution in [1.82, 2.24) is 5.32 Å². The average Bonchev–Trinajstić information content (AvgIpc) is 2.87. The normalized spacial score (nSPS) is 16.1. The van der Waals surface area contributed by atoms with E-state index in [0.29, 0.717) is 77.1 Å². The molecule has 1 aromatic heterocycles. The second-order valence-corrected chi connectivity index (χ2v) is 10.5. The highest BCUT2D eigenvalue weighted by atomic mass is 16.5. The fourth-order valence-corrected chi connectivity index (χ4v) is 5.16. The Balaban J connectivity index is 1.38. The Morgan fingerprint density at radius 2 is 1.85 bits per heavy atom. The molecule has 0 spiro atoms. The Morgan fingerprint density at radius 1 is 1.15 bits per heavy atom. The third-order valence-corrected chi connectivity index (χ3v) is 6.95. The van der Waals surface area contributed by atoms with Crippen LogP contribution in [0.1, 0.15) is 57.1 Å². The molecule has 0 fully saturated rings. The van der Waals surface area contributed by atoms with Crippen LogP contribution in [-0.2, 0) is 19.0 Å². The number of nitrogens with zero attached hydrogens (tertiary/aromatic N) is 4. The molecule has 1 N–H and O–H groups in total. The molecule has 2 heterocycles. The first-order chi connectivity index (χ1) is 18.7. The zero-order valence-corrected chi connectivity index (χ0v) is 23.5. The van der Waals surface area contributed by atoms with Crippen molar-refractivity contribution in [1.29, 1.82) is 0 Å². The molecule has 39 heavy (non-hydrogen) atoms. The van der Waals surface area contributed by atoms with Crippen molar-refractivity contribution in [2.24, 2.45) is 5.11 Å². The summed E-state index contributed by atoms with van der Waals surface area (Å²) >= 11 is 0. The summed E-state index contributed by atoms with van der Waals surface area (Å²) in [4.78, 5) is 29.4.